The SMILES string of the molecule is CCCCC(CN)NC(=O)C(C)c1cccc(OC)c1. The topological polar surface area (TPSA) is 64.3 Å². The number of benzene rings is 1. The lowest BCUT2D eigenvalue weighted by atomic mass is 9.99. The summed E-state index contributed by atoms with van der Waals surface area (Å²) in [6, 6.07) is 7.67. The Bertz CT molecular complexity index is 421. The standard InChI is InChI=1S/C16H26N2O2/c1-4-5-8-14(11-17)18-16(19)12(2)13-7-6-9-15(10-13)20-3/h6-7,9-10,12,14H,4-5,8,11,17H2,1-3H3,(H,18,19). The van der Waals surface area contributed by atoms with Gasteiger partial charge in [0.25, 0.3) is 0 Å². The third kappa shape index (κ3) is 4.85. The van der Waals surface area contributed by atoms with Crippen LogP contribution in [0.25, 0.3) is 0 Å². The summed E-state index contributed by atoms with van der Waals surface area (Å²) in [6.07, 6.45) is 3.12. The predicted molar refractivity (Wildman–Crippen MR) is 81.9 cm³/mol. The molecule has 0 bridgehead atoms. The van der Waals surface area contributed by atoms with Gasteiger partial charge in [0.05, 0.1) is 13.0 Å². The van der Waals surface area contributed by atoms with Gasteiger partial charge in [-0.1, -0.05) is 31.9 Å². The van der Waals surface area contributed by atoms with Gasteiger partial charge in [0.15, 0.2) is 0 Å². The van der Waals surface area contributed by atoms with Crippen LogP contribution < -0.4 is 15.8 Å². The Hall–Kier alpha value is -1.55. The van der Waals surface area contributed by atoms with Crippen molar-refractivity contribution in [2.45, 2.75) is 45.1 Å². The largest absolute Gasteiger partial charge is 0.497 e. The van der Waals surface area contributed by atoms with Crippen molar-refractivity contribution in [2.75, 3.05) is 13.7 Å². The van der Waals surface area contributed by atoms with E-state index in [9.17, 15) is 4.79 Å². The summed E-state index contributed by atoms with van der Waals surface area (Å²) in [5, 5.41) is 3.03. The second kappa shape index (κ2) is 8.59. The summed E-state index contributed by atoms with van der Waals surface area (Å²) in [7, 11) is 1.62. The number of ether oxygens (including phenoxy) is 1. The normalized spacial score (nSPS) is 13.6. The number of carbonyl (C=O) groups is 1. The summed E-state index contributed by atoms with van der Waals surface area (Å²) < 4.78 is 5.19. The molecular formula is C16H26N2O2. The number of hydrogen-bond acceptors (Lipinski definition) is 3. The average molecular weight is 278 g/mol. The van der Waals surface area contributed by atoms with E-state index in [0.29, 0.717) is 6.54 Å². The number of nitrogens with one attached hydrogen (secondary N) is 1. The maximum absolute atomic E-state index is 12.3. The number of rotatable bonds is 8. The van der Waals surface area contributed by atoms with Gasteiger partial charge >= 0.3 is 0 Å². The van der Waals surface area contributed by atoms with Crippen molar-refractivity contribution in [3.8, 4) is 5.75 Å². The van der Waals surface area contributed by atoms with Crippen LogP contribution in [-0.4, -0.2) is 25.6 Å². The Morgan fingerprint density at radius 2 is 2.20 bits per heavy atom. The van der Waals surface area contributed by atoms with Gasteiger partial charge < -0.3 is 15.8 Å². The lowest BCUT2D eigenvalue weighted by Crippen LogP contribution is -2.42. The lowest BCUT2D eigenvalue weighted by Gasteiger charge is -2.20. The van der Waals surface area contributed by atoms with Crippen molar-refractivity contribution in [1.82, 2.24) is 5.32 Å². The molecule has 112 valence electrons. The molecule has 1 aromatic carbocycles. The van der Waals surface area contributed by atoms with Gasteiger partial charge in [-0.3, -0.25) is 4.79 Å². The summed E-state index contributed by atoms with van der Waals surface area (Å²) in [5.74, 6) is 0.578. The highest BCUT2D eigenvalue weighted by molar-refractivity contribution is 5.83. The van der Waals surface area contributed by atoms with Crippen molar-refractivity contribution < 1.29 is 9.53 Å². The van der Waals surface area contributed by atoms with Crippen LogP contribution in [0.5, 0.6) is 5.75 Å². The molecule has 0 saturated carbocycles. The Morgan fingerprint density at radius 1 is 1.45 bits per heavy atom. The smallest absolute Gasteiger partial charge is 0.227 e. The fourth-order valence-electron chi connectivity index (χ4n) is 2.09. The molecule has 0 heterocycles. The van der Waals surface area contributed by atoms with Crippen molar-refractivity contribution in [3.63, 3.8) is 0 Å². The van der Waals surface area contributed by atoms with Gasteiger partial charge in [-0.2, -0.15) is 0 Å². The first-order valence-corrected chi connectivity index (χ1v) is 7.26. The lowest BCUT2D eigenvalue weighted by molar-refractivity contribution is -0.122. The monoisotopic (exact) mass is 278 g/mol. The summed E-state index contributed by atoms with van der Waals surface area (Å²) in [4.78, 5) is 12.3. The molecule has 1 amide bonds. The van der Waals surface area contributed by atoms with Gasteiger partial charge in [-0.25, -0.2) is 0 Å². The third-order valence-corrected chi connectivity index (χ3v) is 3.52. The summed E-state index contributed by atoms with van der Waals surface area (Å²) in [6.45, 7) is 4.52. The Kier molecular flexibility index (Phi) is 7.09. The van der Waals surface area contributed by atoms with Crippen LogP contribution in [0.4, 0.5) is 0 Å². The molecule has 2 atom stereocenters. The number of unbranched alkanes of at least 4 members (excludes halogenated alkanes) is 1. The molecule has 0 radical (unpaired) electrons. The molecule has 0 aliphatic rings. The van der Waals surface area contributed by atoms with E-state index in [-0.39, 0.29) is 17.9 Å². The van der Waals surface area contributed by atoms with Crippen molar-refractivity contribution in [1.29, 1.82) is 0 Å². The highest BCUT2D eigenvalue weighted by atomic mass is 16.5. The Balaban J connectivity index is 2.65. The molecular weight excluding hydrogens is 252 g/mol. The van der Waals surface area contributed by atoms with Gasteiger partial charge in [-0.05, 0) is 31.0 Å². The first-order chi connectivity index (χ1) is 9.62. The first kappa shape index (κ1) is 16.5. The Morgan fingerprint density at radius 3 is 2.80 bits per heavy atom. The molecule has 0 fully saturated rings. The molecule has 0 spiro atoms. The molecule has 1 aromatic rings. The summed E-state index contributed by atoms with van der Waals surface area (Å²) in [5.41, 5.74) is 6.66. The maximum Gasteiger partial charge on any atom is 0.227 e. The number of amides is 1. The zero-order valence-electron chi connectivity index (χ0n) is 12.7. The van der Waals surface area contributed by atoms with Crippen molar-refractivity contribution in [3.05, 3.63) is 29.8 Å². The molecule has 1 rings (SSSR count). The van der Waals surface area contributed by atoms with E-state index in [2.05, 4.69) is 12.2 Å². The molecule has 4 heteroatoms. The molecule has 0 saturated heterocycles. The van der Waals surface area contributed by atoms with Crippen LogP contribution in [0.15, 0.2) is 24.3 Å². The second-order valence-corrected chi connectivity index (χ2v) is 5.08. The van der Waals surface area contributed by atoms with Crippen molar-refractivity contribution in [2.24, 2.45) is 5.73 Å². The Labute approximate surface area is 121 Å². The van der Waals surface area contributed by atoms with Crippen LogP contribution >= 0.6 is 0 Å². The van der Waals surface area contributed by atoms with E-state index in [1.807, 2.05) is 31.2 Å². The van der Waals surface area contributed by atoms with Gasteiger partial charge in [0.2, 0.25) is 5.91 Å². The minimum atomic E-state index is -0.208. The van der Waals surface area contributed by atoms with Crippen LogP contribution in [0.2, 0.25) is 0 Å². The molecule has 0 aliphatic heterocycles. The zero-order chi connectivity index (χ0) is 15.0. The van der Waals surface area contributed by atoms with E-state index >= 15 is 0 Å². The number of hydrogen-bond donors (Lipinski definition) is 2. The van der Waals surface area contributed by atoms with E-state index in [4.69, 9.17) is 10.5 Å². The van der Waals surface area contributed by atoms with Gasteiger partial charge in [0, 0.05) is 12.6 Å². The molecule has 20 heavy (non-hydrogen) atoms. The van der Waals surface area contributed by atoms with Crippen LogP contribution in [-0.2, 0) is 4.79 Å². The van der Waals surface area contributed by atoms with Crippen LogP contribution in [0, 0.1) is 0 Å². The van der Waals surface area contributed by atoms with E-state index in [1.54, 1.807) is 7.11 Å². The van der Waals surface area contributed by atoms with Crippen LogP contribution in [0.1, 0.15) is 44.6 Å². The minimum Gasteiger partial charge on any atom is -0.497 e. The second-order valence-electron chi connectivity index (χ2n) is 5.08. The maximum atomic E-state index is 12.3. The van der Waals surface area contributed by atoms with Crippen LogP contribution in [0.3, 0.4) is 0 Å². The fraction of sp³-hybridized carbons (Fsp3) is 0.562. The molecule has 4 nitrogen and oxygen atoms in total. The summed E-state index contributed by atoms with van der Waals surface area (Å²) >= 11 is 0. The molecule has 0 aromatic heterocycles. The zero-order valence-corrected chi connectivity index (χ0v) is 12.7. The highest BCUT2D eigenvalue weighted by Gasteiger charge is 2.18. The average Bonchev–Trinajstić information content (AvgIpc) is 2.50. The quantitative estimate of drug-likeness (QED) is 0.767. The fourth-order valence-corrected chi connectivity index (χ4v) is 2.09. The van der Waals surface area contributed by atoms with Gasteiger partial charge in [-0.15, -0.1) is 0 Å². The van der Waals surface area contributed by atoms with Gasteiger partial charge in [0.1, 0.15) is 5.75 Å². The minimum absolute atomic E-state index is 0.0183. The first-order valence-electron chi connectivity index (χ1n) is 7.26. The molecule has 0 aliphatic carbocycles. The van der Waals surface area contributed by atoms with E-state index in [1.165, 1.54) is 0 Å². The van der Waals surface area contributed by atoms with Crippen molar-refractivity contribution >= 4 is 5.91 Å². The highest BCUT2D eigenvalue weighted by Crippen LogP contribution is 2.21. The number of carbonyl (C=O) groups excluding carboxylic acids is 1. The molecule has 3 N–H and O–H groups in total. The van der Waals surface area contributed by atoms with E-state index in [0.717, 1.165) is 30.6 Å². The predicted octanol–water partition coefficient (Wildman–Crippen LogP) is 2.43. The van der Waals surface area contributed by atoms with E-state index < -0.39 is 0 Å². The number of nitrogens with two attached hydrogens (primary N) is 1. The third-order valence-electron chi connectivity index (χ3n) is 3.52. The molecule has 2 unspecified atom stereocenters. The number of methoxy groups -OCH3 is 1.